The minimum atomic E-state index is -4.65. The Morgan fingerprint density at radius 2 is 2.00 bits per heavy atom. The van der Waals surface area contributed by atoms with Crippen LogP contribution in [0.4, 0.5) is 13.2 Å². The Morgan fingerprint density at radius 1 is 1.29 bits per heavy atom. The third kappa shape index (κ3) is 3.12. The van der Waals surface area contributed by atoms with Crippen molar-refractivity contribution in [2.45, 2.75) is 31.7 Å². The lowest BCUT2D eigenvalue weighted by Crippen LogP contribution is -2.27. The summed E-state index contributed by atoms with van der Waals surface area (Å²) in [7, 11) is 0. The van der Waals surface area contributed by atoms with Gasteiger partial charge in [0.25, 0.3) is 0 Å². The summed E-state index contributed by atoms with van der Waals surface area (Å²) in [5, 5.41) is 0. The topological polar surface area (TPSA) is 35.2 Å². The molecule has 2 nitrogen and oxygen atoms in total. The molecule has 0 saturated heterocycles. The van der Waals surface area contributed by atoms with Gasteiger partial charge >= 0.3 is 6.36 Å². The Kier molecular flexibility index (Phi) is 3.28. The molecule has 2 N–H and O–H groups in total. The van der Waals surface area contributed by atoms with Crippen molar-refractivity contribution in [1.82, 2.24) is 0 Å². The van der Waals surface area contributed by atoms with Crippen LogP contribution >= 0.6 is 0 Å². The second-order valence-electron chi connectivity index (χ2n) is 4.34. The van der Waals surface area contributed by atoms with Gasteiger partial charge in [-0.05, 0) is 36.5 Å². The van der Waals surface area contributed by atoms with Crippen LogP contribution in [0.2, 0.25) is 0 Å². The number of nitrogens with two attached hydrogens (primary N) is 1. The quantitative estimate of drug-likeness (QED) is 0.885. The van der Waals surface area contributed by atoms with Crippen LogP contribution in [0, 0.1) is 5.92 Å². The van der Waals surface area contributed by atoms with E-state index in [2.05, 4.69) is 4.74 Å². The van der Waals surface area contributed by atoms with Crippen LogP contribution in [-0.4, -0.2) is 6.36 Å². The van der Waals surface area contributed by atoms with Crippen LogP contribution in [-0.2, 0) is 0 Å². The highest BCUT2D eigenvalue weighted by Crippen LogP contribution is 2.37. The zero-order valence-electron chi connectivity index (χ0n) is 9.20. The van der Waals surface area contributed by atoms with E-state index in [1.54, 1.807) is 6.07 Å². The predicted molar refractivity (Wildman–Crippen MR) is 57.4 cm³/mol. The molecule has 0 heterocycles. The average Bonchev–Trinajstić information content (AvgIpc) is 2.12. The highest BCUT2D eigenvalue weighted by atomic mass is 19.4. The summed E-state index contributed by atoms with van der Waals surface area (Å²) in [6.07, 6.45) is -1.41. The van der Waals surface area contributed by atoms with Gasteiger partial charge in [-0.25, -0.2) is 0 Å². The highest BCUT2D eigenvalue weighted by Gasteiger charge is 2.31. The van der Waals surface area contributed by atoms with Gasteiger partial charge in [0, 0.05) is 6.04 Å². The normalized spacial score (nSPS) is 18.6. The van der Waals surface area contributed by atoms with Crippen molar-refractivity contribution >= 4 is 0 Å². The molecule has 1 aromatic carbocycles. The van der Waals surface area contributed by atoms with Gasteiger partial charge in [-0.3, -0.25) is 0 Å². The van der Waals surface area contributed by atoms with E-state index >= 15 is 0 Å². The molecule has 0 spiro atoms. The lowest BCUT2D eigenvalue weighted by molar-refractivity contribution is -0.274. The number of benzene rings is 1. The molecule has 0 bridgehead atoms. The first-order valence-electron chi connectivity index (χ1n) is 5.57. The molecule has 1 aliphatic rings. The van der Waals surface area contributed by atoms with Crippen molar-refractivity contribution in [3.05, 3.63) is 29.8 Å². The first-order chi connectivity index (χ1) is 7.96. The molecule has 1 aliphatic carbocycles. The lowest BCUT2D eigenvalue weighted by Gasteiger charge is -2.31. The molecule has 1 fully saturated rings. The molecule has 0 amide bonds. The minimum Gasteiger partial charge on any atom is -0.406 e. The van der Waals surface area contributed by atoms with Gasteiger partial charge in [0.1, 0.15) is 5.75 Å². The molecule has 0 unspecified atom stereocenters. The Bertz CT molecular complexity index is 388. The third-order valence-corrected chi connectivity index (χ3v) is 3.13. The molecule has 94 valence electrons. The Hall–Kier alpha value is -1.23. The van der Waals surface area contributed by atoms with Gasteiger partial charge in [-0.1, -0.05) is 18.6 Å². The lowest BCUT2D eigenvalue weighted by atomic mass is 9.77. The number of rotatable bonds is 3. The highest BCUT2D eigenvalue weighted by molar-refractivity contribution is 5.31. The second kappa shape index (κ2) is 4.56. The maximum atomic E-state index is 12.1. The van der Waals surface area contributed by atoms with Crippen LogP contribution in [0.1, 0.15) is 30.9 Å². The number of hydrogen-bond donors (Lipinski definition) is 1. The Morgan fingerprint density at radius 3 is 2.53 bits per heavy atom. The summed E-state index contributed by atoms with van der Waals surface area (Å²) >= 11 is 0. The van der Waals surface area contributed by atoms with E-state index < -0.39 is 6.36 Å². The first-order valence-corrected chi connectivity index (χ1v) is 5.57. The molecule has 5 heteroatoms. The van der Waals surface area contributed by atoms with Crippen LogP contribution < -0.4 is 10.5 Å². The zero-order valence-corrected chi connectivity index (χ0v) is 9.20. The second-order valence-corrected chi connectivity index (χ2v) is 4.34. The van der Waals surface area contributed by atoms with Crippen LogP contribution in [0.15, 0.2) is 24.3 Å². The first kappa shape index (κ1) is 12.2. The van der Waals surface area contributed by atoms with E-state index in [9.17, 15) is 13.2 Å². The summed E-state index contributed by atoms with van der Waals surface area (Å²) < 4.78 is 40.0. The van der Waals surface area contributed by atoms with Crippen molar-refractivity contribution in [1.29, 1.82) is 0 Å². The predicted octanol–water partition coefficient (Wildman–Crippen LogP) is 3.39. The average molecular weight is 245 g/mol. The zero-order chi connectivity index (χ0) is 12.5. The monoisotopic (exact) mass is 245 g/mol. The van der Waals surface area contributed by atoms with Crippen molar-refractivity contribution < 1.29 is 17.9 Å². The Balaban J connectivity index is 2.10. The number of halogens is 3. The summed E-state index contributed by atoms with van der Waals surface area (Å²) in [6, 6.07) is 5.74. The molecular formula is C12H14F3NO. The van der Waals surface area contributed by atoms with Crippen LogP contribution in [0.3, 0.4) is 0 Å². The largest absolute Gasteiger partial charge is 0.573 e. The maximum Gasteiger partial charge on any atom is 0.573 e. The minimum absolute atomic E-state index is 0.194. The van der Waals surface area contributed by atoms with Gasteiger partial charge in [-0.15, -0.1) is 13.2 Å². The SMILES string of the molecule is N[C@@H](c1cccc(OC(F)(F)F)c1)C1CCC1. The fraction of sp³-hybridized carbons (Fsp3) is 0.500. The fourth-order valence-electron chi connectivity index (χ4n) is 1.99. The van der Waals surface area contributed by atoms with Gasteiger partial charge in [-0.2, -0.15) is 0 Å². The summed E-state index contributed by atoms with van der Waals surface area (Å²) in [4.78, 5) is 0. The van der Waals surface area contributed by atoms with Gasteiger partial charge < -0.3 is 10.5 Å². The van der Waals surface area contributed by atoms with Crippen molar-refractivity contribution in [3.63, 3.8) is 0 Å². The molecule has 1 saturated carbocycles. The van der Waals surface area contributed by atoms with E-state index in [0.29, 0.717) is 11.5 Å². The van der Waals surface area contributed by atoms with E-state index in [-0.39, 0.29) is 11.8 Å². The van der Waals surface area contributed by atoms with E-state index in [1.807, 2.05) is 0 Å². The van der Waals surface area contributed by atoms with Crippen LogP contribution in [0.5, 0.6) is 5.75 Å². The Labute approximate surface area is 97.6 Å². The molecule has 1 atom stereocenters. The standard InChI is InChI=1S/C12H14F3NO/c13-12(14,15)17-10-6-2-5-9(7-10)11(16)8-3-1-4-8/h2,5-8,11H,1,3-4,16H2/t11-/m1/s1. The number of ether oxygens (including phenoxy) is 1. The van der Waals surface area contributed by atoms with Gasteiger partial charge in [0.05, 0.1) is 0 Å². The maximum absolute atomic E-state index is 12.1. The fourth-order valence-corrected chi connectivity index (χ4v) is 1.99. The summed E-state index contributed by atoms with van der Waals surface area (Å²) in [6.45, 7) is 0. The molecule has 0 radical (unpaired) electrons. The van der Waals surface area contributed by atoms with E-state index in [1.165, 1.54) is 18.2 Å². The van der Waals surface area contributed by atoms with E-state index in [4.69, 9.17) is 5.73 Å². The summed E-state index contributed by atoms with van der Waals surface area (Å²) in [5.41, 5.74) is 6.70. The number of alkyl halides is 3. The van der Waals surface area contributed by atoms with Crippen molar-refractivity contribution in [3.8, 4) is 5.75 Å². The molecule has 2 rings (SSSR count). The van der Waals surface area contributed by atoms with Crippen LogP contribution in [0.25, 0.3) is 0 Å². The molecule has 1 aromatic rings. The summed E-state index contributed by atoms with van der Waals surface area (Å²) in [5.74, 6) is 0.181. The molecule has 0 aliphatic heterocycles. The molecule has 0 aromatic heterocycles. The van der Waals surface area contributed by atoms with Crippen molar-refractivity contribution in [2.75, 3.05) is 0 Å². The van der Waals surface area contributed by atoms with Gasteiger partial charge in [0.2, 0.25) is 0 Å². The number of hydrogen-bond acceptors (Lipinski definition) is 2. The smallest absolute Gasteiger partial charge is 0.406 e. The van der Waals surface area contributed by atoms with Gasteiger partial charge in [0.15, 0.2) is 0 Å². The van der Waals surface area contributed by atoms with E-state index in [0.717, 1.165) is 19.3 Å². The van der Waals surface area contributed by atoms with Crippen molar-refractivity contribution in [2.24, 2.45) is 11.7 Å². The molecule has 17 heavy (non-hydrogen) atoms. The third-order valence-electron chi connectivity index (χ3n) is 3.13. The molecular weight excluding hydrogens is 231 g/mol.